The quantitative estimate of drug-likeness (QED) is 0.437. The van der Waals surface area contributed by atoms with Gasteiger partial charge in [0.2, 0.25) is 0 Å². The molecular formula is C14H25N3OS. The second-order valence-electron chi connectivity index (χ2n) is 5.04. The Kier molecular flexibility index (Phi) is 6.87. The van der Waals surface area contributed by atoms with Gasteiger partial charge < -0.3 is 15.8 Å². The lowest BCUT2D eigenvalue weighted by atomic mass is 9.92. The fraction of sp³-hybridized carbons (Fsp3) is 0.643. The Labute approximate surface area is 120 Å². The molecule has 0 bridgehead atoms. The molecule has 3 N–H and O–H groups in total. The van der Waals surface area contributed by atoms with Crippen molar-refractivity contribution in [3.8, 4) is 0 Å². The van der Waals surface area contributed by atoms with Crippen LogP contribution in [0.4, 0.5) is 0 Å². The minimum absolute atomic E-state index is 0.0335. The molecule has 0 saturated heterocycles. The summed E-state index contributed by atoms with van der Waals surface area (Å²) in [5, 5.41) is 5.20. The Bertz CT molecular complexity index is 374. The maximum atomic E-state index is 5.85. The van der Waals surface area contributed by atoms with Crippen molar-refractivity contribution >= 4 is 17.3 Å². The summed E-state index contributed by atoms with van der Waals surface area (Å²) in [6.07, 6.45) is 0.943. The summed E-state index contributed by atoms with van der Waals surface area (Å²) in [4.78, 5) is 5.75. The molecule has 4 nitrogen and oxygen atoms in total. The van der Waals surface area contributed by atoms with E-state index in [2.05, 4.69) is 41.7 Å². The number of ether oxygens (including phenoxy) is 1. The maximum Gasteiger partial charge on any atom is 0.188 e. The van der Waals surface area contributed by atoms with Crippen molar-refractivity contribution in [2.24, 2.45) is 10.7 Å². The molecule has 0 aliphatic rings. The first-order valence-electron chi connectivity index (χ1n) is 6.72. The van der Waals surface area contributed by atoms with Crippen LogP contribution in [0, 0.1) is 0 Å². The van der Waals surface area contributed by atoms with E-state index in [4.69, 9.17) is 10.5 Å². The van der Waals surface area contributed by atoms with Crippen LogP contribution in [0.25, 0.3) is 0 Å². The second-order valence-corrected chi connectivity index (χ2v) is 5.99. The molecule has 0 amide bonds. The number of nitrogens with zero attached hydrogens (tertiary/aromatic N) is 1. The number of nitrogens with two attached hydrogens (primary N) is 1. The van der Waals surface area contributed by atoms with E-state index in [1.165, 1.54) is 4.88 Å². The Morgan fingerprint density at radius 1 is 1.53 bits per heavy atom. The van der Waals surface area contributed by atoms with Crippen molar-refractivity contribution < 1.29 is 4.74 Å². The van der Waals surface area contributed by atoms with E-state index in [9.17, 15) is 0 Å². The molecular weight excluding hydrogens is 258 g/mol. The normalized spacial score (nSPS) is 12.7. The van der Waals surface area contributed by atoms with Gasteiger partial charge in [0.1, 0.15) is 0 Å². The van der Waals surface area contributed by atoms with Crippen LogP contribution in [0.5, 0.6) is 0 Å². The highest BCUT2D eigenvalue weighted by Crippen LogP contribution is 2.27. The van der Waals surface area contributed by atoms with Crippen molar-refractivity contribution in [1.29, 1.82) is 0 Å². The molecule has 108 valence electrons. The van der Waals surface area contributed by atoms with Gasteiger partial charge in [0.05, 0.1) is 6.54 Å². The number of thiophene rings is 1. The van der Waals surface area contributed by atoms with Crippen LogP contribution >= 0.6 is 11.3 Å². The van der Waals surface area contributed by atoms with Gasteiger partial charge in [-0.3, -0.25) is 4.99 Å². The third kappa shape index (κ3) is 6.07. The molecule has 0 fully saturated rings. The van der Waals surface area contributed by atoms with Crippen LogP contribution in [0.1, 0.15) is 32.1 Å². The van der Waals surface area contributed by atoms with Crippen LogP contribution in [-0.2, 0) is 10.2 Å². The average Bonchev–Trinajstić information content (AvgIpc) is 2.91. The first kappa shape index (κ1) is 16.0. The van der Waals surface area contributed by atoms with E-state index in [-0.39, 0.29) is 5.41 Å². The molecule has 0 aliphatic heterocycles. The first-order chi connectivity index (χ1) is 9.06. The third-order valence-electron chi connectivity index (χ3n) is 2.81. The van der Waals surface area contributed by atoms with Crippen molar-refractivity contribution in [2.75, 3.05) is 26.3 Å². The molecule has 5 heteroatoms. The van der Waals surface area contributed by atoms with Gasteiger partial charge >= 0.3 is 0 Å². The lowest BCUT2D eigenvalue weighted by Gasteiger charge is -2.21. The molecule has 1 heterocycles. The lowest BCUT2D eigenvalue weighted by Crippen LogP contribution is -2.34. The number of guanidine groups is 1. The number of hydrogen-bond donors (Lipinski definition) is 2. The minimum atomic E-state index is 0.0335. The monoisotopic (exact) mass is 283 g/mol. The highest BCUT2D eigenvalue weighted by Gasteiger charge is 2.21. The average molecular weight is 283 g/mol. The zero-order valence-corrected chi connectivity index (χ0v) is 12.9. The maximum absolute atomic E-state index is 5.85. The molecule has 0 radical (unpaired) electrons. The SMILES string of the molecule is CCOCCCNC(N)=NCC(C)(C)c1cccs1. The molecule has 0 aromatic carbocycles. The zero-order valence-electron chi connectivity index (χ0n) is 12.1. The molecule has 1 rings (SSSR count). The minimum Gasteiger partial charge on any atom is -0.382 e. The third-order valence-corrected chi connectivity index (χ3v) is 4.04. The highest BCUT2D eigenvalue weighted by molar-refractivity contribution is 7.10. The summed E-state index contributed by atoms with van der Waals surface area (Å²) in [6.45, 7) is 9.38. The fourth-order valence-electron chi connectivity index (χ4n) is 1.62. The molecule has 0 atom stereocenters. The van der Waals surface area contributed by atoms with E-state index in [1.807, 2.05) is 6.92 Å². The van der Waals surface area contributed by atoms with Crippen molar-refractivity contribution in [2.45, 2.75) is 32.6 Å². The Morgan fingerprint density at radius 3 is 2.95 bits per heavy atom. The van der Waals surface area contributed by atoms with Gasteiger partial charge in [0, 0.05) is 30.1 Å². The van der Waals surface area contributed by atoms with E-state index in [0.29, 0.717) is 12.5 Å². The second kappa shape index (κ2) is 8.17. The van der Waals surface area contributed by atoms with E-state index >= 15 is 0 Å². The van der Waals surface area contributed by atoms with Gasteiger partial charge in [-0.15, -0.1) is 11.3 Å². The van der Waals surface area contributed by atoms with Crippen LogP contribution in [0.15, 0.2) is 22.5 Å². The number of hydrogen-bond acceptors (Lipinski definition) is 3. The van der Waals surface area contributed by atoms with Gasteiger partial charge in [-0.1, -0.05) is 19.9 Å². The van der Waals surface area contributed by atoms with Crippen LogP contribution in [0.2, 0.25) is 0 Å². The predicted molar refractivity (Wildman–Crippen MR) is 82.9 cm³/mol. The smallest absolute Gasteiger partial charge is 0.188 e. The van der Waals surface area contributed by atoms with Crippen molar-refractivity contribution in [3.05, 3.63) is 22.4 Å². The van der Waals surface area contributed by atoms with Gasteiger partial charge in [0.15, 0.2) is 5.96 Å². The number of rotatable bonds is 8. The summed E-state index contributed by atoms with van der Waals surface area (Å²) in [5.41, 5.74) is 5.88. The molecule has 19 heavy (non-hydrogen) atoms. The molecule has 0 unspecified atom stereocenters. The molecule has 1 aromatic rings. The van der Waals surface area contributed by atoms with E-state index in [1.54, 1.807) is 11.3 Å². The van der Waals surface area contributed by atoms with Crippen LogP contribution in [-0.4, -0.2) is 32.3 Å². The van der Waals surface area contributed by atoms with Gasteiger partial charge in [-0.2, -0.15) is 0 Å². The topological polar surface area (TPSA) is 59.6 Å². The van der Waals surface area contributed by atoms with Gasteiger partial charge in [0.25, 0.3) is 0 Å². The highest BCUT2D eigenvalue weighted by atomic mass is 32.1. The fourth-order valence-corrected chi connectivity index (χ4v) is 2.46. The van der Waals surface area contributed by atoms with E-state index in [0.717, 1.165) is 26.2 Å². The molecule has 1 aromatic heterocycles. The van der Waals surface area contributed by atoms with Crippen LogP contribution < -0.4 is 11.1 Å². The van der Waals surface area contributed by atoms with Gasteiger partial charge in [-0.05, 0) is 24.8 Å². The van der Waals surface area contributed by atoms with E-state index < -0.39 is 0 Å². The molecule has 0 aliphatic carbocycles. The summed E-state index contributed by atoms with van der Waals surface area (Å²) < 4.78 is 5.26. The predicted octanol–water partition coefficient (Wildman–Crippen LogP) is 2.36. The standard InChI is InChI=1S/C14H25N3OS/c1-4-18-9-6-8-16-13(15)17-11-14(2,3)12-7-5-10-19-12/h5,7,10H,4,6,8-9,11H2,1-3H3,(H3,15,16,17). The summed E-state index contributed by atoms with van der Waals surface area (Å²) in [7, 11) is 0. The summed E-state index contributed by atoms with van der Waals surface area (Å²) in [6, 6.07) is 4.21. The first-order valence-corrected chi connectivity index (χ1v) is 7.59. The molecule has 0 spiro atoms. The van der Waals surface area contributed by atoms with Crippen LogP contribution in [0.3, 0.4) is 0 Å². The Morgan fingerprint density at radius 2 is 2.32 bits per heavy atom. The number of aliphatic imine (C=N–C) groups is 1. The van der Waals surface area contributed by atoms with Crippen molar-refractivity contribution in [1.82, 2.24) is 5.32 Å². The molecule has 0 saturated carbocycles. The van der Waals surface area contributed by atoms with Crippen molar-refractivity contribution in [3.63, 3.8) is 0 Å². The summed E-state index contributed by atoms with van der Waals surface area (Å²) >= 11 is 1.76. The Hall–Kier alpha value is -1.07. The zero-order chi connectivity index (χ0) is 14.1. The lowest BCUT2D eigenvalue weighted by molar-refractivity contribution is 0.145. The largest absolute Gasteiger partial charge is 0.382 e. The summed E-state index contributed by atoms with van der Waals surface area (Å²) in [5.74, 6) is 0.515. The number of nitrogens with one attached hydrogen (secondary N) is 1. The van der Waals surface area contributed by atoms with Gasteiger partial charge in [-0.25, -0.2) is 0 Å². The Balaban J connectivity index is 2.31.